The Balaban J connectivity index is 1.74. The number of carbonyl (C=O) groups is 1. The van der Waals surface area contributed by atoms with Crippen LogP contribution in [-0.2, 0) is 13.6 Å². The van der Waals surface area contributed by atoms with Crippen LogP contribution in [0.1, 0.15) is 16.3 Å². The SMILES string of the molecule is COc1cccc(-c2cc(C(=O)NCc3nccc(N(C)C)n3)n(C)n2)c1. The number of aromatic nitrogens is 4. The summed E-state index contributed by atoms with van der Waals surface area (Å²) in [7, 11) is 7.16. The minimum absolute atomic E-state index is 0.236. The van der Waals surface area contributed by atoms with Gasteiger partial charge in [-0.05, 0) is 24.3 Å². The minimum atomic E-state index is -0.238. The molecule has 8 nitrogen and oxygen atoms in total. The smallest absolute Gasteiger partial charge is 0.269 e. The van der Waals surface area contributed by atoms with Crippen LogP contribution in [0, 0.1) is 0 Å². The summed E-state index contributed by atoms with van der Waals surface area (Å²) in [5.41, 5.74) is 2.04. The predicted molar refractivity (Wildman–Crippen MR) is 103 cm³/mol. The van der Waals surface area contributed by atoms with Gasteiger partial charge >= 0.3 is 0 Å². The van der Waals surface area contributed by atoms with Gasteiger partial charge in [-0.2, -0.15) is 5.10 Å². The third-order valence-electron chi connectivity index (χ3n) is 4.03. The zero-order chi connectivity index (χ0) is 19.4. The van der Waals surface area contributed by atoms with E-state index in [2.05, 4.69) is 20.4 Å². The van der Waals surface area contributed by atoms with E-state index in [1.54, 1.807) is 31.1 Å². The molecule has 1 aromatic carbocycles. The lowest BCUT2D eigenvalue weighted by atomic mass is 10.1. The van der Waals surface area contributed by atoms with E-state index in [0.717, 1.165) is 17.1 Å². The van der Waals surface area contributed by atoms with E-state index in [0.29, 0.717) is 17.2 Å². The quantitative estimate of drug-likeness (QED) is 0.717. The fourth-order valence-electron chi connectivity index (χ4n) is 2.58. The number of nitrogens with one attached hydrogen (secondary N) is 1. The molecule has 3 rings (SSSR count). The number of amides is 1. The maximum Gasteiger partial charge on any atom is 0.269 e. The van der Waals surface area contributed by atoms with E-state index in [-0.39, 0.29) is 12.5 Å². The number of nitrogens with zero attached hydrogens (tertiary/aromatic N) is 5. The Hall–Kier alpha value is -3.42. The third kappa shape index (κ3) is 4.22. The highest BCUT2D eigenvalue weighted by molar-refractivity contribution is 5.93. The zero-order valence-electron chi connectivity index (χ0n) is 15.8. The average molecular weight is 366 g/mol. The van der Waals surface area contributed by atoms with E-state index in [1.807, 2.05) is 49.3 Å². The van der Waals surface area contributed by atoms with Gasteiger partial charge in [-0.1, -0.05) is 12.1 Å². The Kier molecular flexibility index (Phi) is 5.35. The average Bonchev–Trinajstić information content (AvgIpc) is 3.08. The first-order valence-corrected chi connectivity index (χ1v) is 8.44. The fraction of sp³-hybridized carbons (Fsp3) is 0.263. The molecule has 27 heavy (non-hydrogen) atoms. The molecule has 0 unspecified atom stereocenters. The molecule has 2 heterocycles. The molecule has 0 spiro atoms. The number of anilines is 1. The molecular weight excluding hydrogens is 344 g/mol. The van der Waals surface area contributed by atoms with Crippen LogP contribution in [0.5, 0.6) is 5.75 Å². The molecule has 140 valence electrons. The van der Waals surface area contributed by atoms with Crippen LogP contribution in [-0.4, -0.2) is 46.9 Å². The van der Waals surface area contributed by atoms with Crippen LogP contribution in [0.2, 0.25) is 0 Å². The van der Waals surface area contributed by atoms with E-state index < -0.39 is 0 Å². The summed E-state index contributed by atoms with van der Waals surface area (Å²) >= 11 is 0. The van der Waals surface area contributed by atoms with Gasteiger partial charge < -0.3 is 15.0 Å². The molecule has 0 saturated heterocycles. The predicted octanol–water partition coefficient (Wildman–Crippen LogP) is 1.88. The lowest BCUT2D eigenvalue weighted by Crippen LogP contribution is -2.26. The minimum Gasteiger partial charge on any atom is -0.497 e. The molecule has 0 bridgehead atoms. The van der Waals surface area contributed by atoms with Crippen molar-refractivity contribution in [3.05, 3.63) is 54.1 Å². The summed E-state index contributed by atoms with van der Waals surface area (Å²) in [6.45, 7) is 0.236. The highest BCUT2D eigenvalue weighted by Crippen LogP contribution is 2.23. The van der Waals surface area contributed by atoms with Crippen LogP contribution >= 0.6 is 0 Å². The number of carbonyl (C=O) groups excluding carboxylic acids is 1. The summed E-state index contributed by atoms with van der Waals surface area (Å²) in [6, 6.07) is 11.1. The molecule has 1 amide bonds. The Labute approximate surface area is 157 Å². The zero-order valence-corrected chi connectivity index (χ0v) is 15.8. The van der Waals surface area contributed by atoms with Gasteiger partial charge in [0.05, 0.1) is 19.3 Å². The van der Waals surface area contributed by atoms with Gasteiger partial charge in [-0.3, -0.25) is 9.48 Å². The fourth-order valence-corrected chi connectivity index (χ4v) is 2.58. The molecule has 0 saturated carbocycles. The Morgan fingerprint density at radius 2 is 2.07 bits per heavy atom. The maximum atomic E-state index is 12.6. The van der Waals surface area contributed by atoms with Gasteiger partial charge in [0.1, 0.15) is 23.1 Å². The van der Waals surface area contributed by atoms with Gasteiger partial charge in [0, 0.05) is 32.9 Å². The van der Waals surface area contributed by atoms with E-state index in [9.17, 15) is 4.79 Å². The first-order chi connectivity index (χ1) is 13.0. The highest BCUT2D eigenvalue weighted by Gasteiger charge is 2.15. The maximum absolute atomic E-state index is 12.6. The van der Waals surface area contributed by atoms with E-state index in [4.69, 9.17) is 4.74 Å². The van der Waals surface area contributed by atoms with Crippen molar-refractivity contribution in [1.29, 1.82) is 0 Å². The summed E-state index contributed by atoms with van der Waals surface area (Å²) in [6.07, 6.45) is 1.68. The van der Waals surface area contributed by atoms with Crippen molar-refractivity contribution in [2.45, 2.75) is 6.54 Å². The number of benzene rings is 1. The molecule has 1 N–H and O–H groups in total. The topological polar surface area (TPSA) is 85.2 Å². The molecule has 0 aliphatic heterocycles. The molecule has 3 aromatic rings. The summed E-state index contributed by atoms with van der Waals surface area (Å²) in [4.78, 5) is 23.0. The van der Waals surface area contributed by atoms with Crippen molar-refractivity contribution in [1.82, 2.24) is 25.1 Å². The Morgan fingerprint density at radius 1 is 1.26 bits per heavy atom. The van der Waals surface area contributed by atoms with Gasteiger partial charge in [-0.15, -0.1) is 0 Å². The number of aryl methyl sites for hydroxylation is 1. The number of rotatable bonds is 6. The summed E-state index contributed by atoms with van der Waals surface area (Å²) in [5, 5.41) is 7.27. The van der Waals surface area contributed by atoms with Crippen LogP contribution in [0.4, 0.5) is 5.82 Å². The van der Waals surface area contributed by atoms with Crippen molar-refractivity contribution in [3.8, 4) is 17.0 Å². The second kappa shape index (κ2) is 7.86. The van der Waals surface area contributed by atoms with E-state index >= 15 is 0 Å². The Morgan fingerprint density at radius 3 is 2.81 bits per heavy atom. The lowest BCUT2D eigenvalue weighted by Gasteiger charge is -2.11. The lowest BCUT2D eigenvalue weighted by molar-refractivity contribution is 0.0940. The van der Waals surface area contributed by atoms with Crippen LogP contribution in [0.15, 0.2) is 42.6 Å². The van der Waals surface area contributed by atoms with Gasteiger partial charge in [0.15, 0.2) is 0 Å². The van der Waals surface area contributed by atoms with Crippen molar-refractivity contribution in [2.75, 3.05) is 26.1 Å². The highest BCUT2D eigenvalue weighted by atomic mass is 16.5. The first-order valence-electron chi connectivity index (χ1n) is 8.44. The van der Waals surface area contributed by atoms with Gasteiger partial charge in [0.25, 0.3) is 5.91 Å². The summed E-state index contributed by atoms with van der Waals surface area (Å²) in [5.74, 6) is 1.83. The number of hydrogen-bond acceptors (Lipinski definition) is 6. The molecule has 0 aliphatic rings. The summed E-state index contributed by atoms with van der Waals surface area (Å²) < 4.78 is 6.80. The number of methoxy groups -OCH3 is 1. The van der Waals surface area contributed by atoms with Crippen LogP contribution < -0.4 is 15.0 Å². The molecule has 0 fully saturated rings. The first kappa shape index (κ1) is 18.4. The molecule has 0 atom stereocenters. The standard InChI is InChI=1S/C19H22N6O2/c1-24(2)18-8-9-20-17(22-18)12-21-19(26)16-11-15(23-25(16)3)13-6-5-7-14(10-13)27-4/h5-11H,12H2,1-4H3,(H,21,26). The van der Waals surface area contributed by atoms with Crippen molar-refractivity contribution < 1.29 is 9.53 Å². The second-order valence-electron chi connectivity index (χ2n) is 6.18. The molecule has 0 radical (unpaired) electrons. The molecule has 8 heteroatoms. The van der Waals surface area contributed by atoms with Crippen molar-refractivity contribution >= 4 is 11.7 Å². The third-order valence-corrected chi connectivity index (χ3v) is 4.03. The van der Waals surface area contributed by atoms with Crippen LogP contribution in [0.25, 0.3) is 11.3 Å². The van der Waals surface area contributed by atoms with Crippen molar-refractivity contribution in [3.63, 3.8) is 0 Å². The second-order valence-corrected chi connectivity index (χ2v) is 6.18. The largest absolute Gasteiger partial charge is 0.497 e. The number of hydrogen-bond donors (Lipinski definition) is 1. The molecule has 2 aromatic heterocycles. The normalized spacial score (nSPS) is 10.5. The van der Waals surface area contributed by atoms with Gasteiger partial charge in [0.2, 0.25) is 0 Å². The van der Waals surface area contributed by atoms with Crippen LogP contribution in [0.3, 0.4) is 0 Å². The van der Waals surface area contributed by atoms with Gasteiger partial charge in [-0.25, -0.2) is 9.97 Å². The Bertz CT molecular complexity index is 951. The molecule has 0 aliphatic carbocycles. The monoisotopic (exact) mass is 366 g/mol. The van der Waals surface area contributed by atoms with E-state index in [1.165, 1.54) is 0 Å². The van der Waals surface area contributed by atoms with Crippen molar-refractivity contribution in [2.24, 2.45) is 7.05 Å². The molecular formula is C19H22N6O2. The number of ether oxygens (including phenoxy) is 1.